The predicted molar refractivity (Wildman–Crippen MR) is 107 cm³/mol. The van der Waals surface area contributed by atoms with Gasteiger partial charge < -0.3 is 15.1 Å². The van der Waals surface area contributed by atoms with Crippen molar-refractivity contribution in [1.82, 2.24) is 20.2 Å². The van der Waals surface area contributed by atoms with Gasteiger partial charge in [0.2, 0.25) is 11.9 Å². The van der Waals surface area contributed by atoms with Gasteiger partial charge in [0.1, 0.15) is 0 Å². The molecule has 27 heavy (non-hydrogen) atoms. The maximum Gasteiger partial charge on any atom is 0.225 e. The van der Waals surface area contributed by atoms with E-state index in [4.69, 9.17) is 0 Å². The molecule has 1 atom stereocenters. The van der Waals surface area contributed by atoms with Gasteiger partial charge >= 0.3 is 0 Å². The molecule has 1 spiro atoms. The molecule has 0 radical (unpaired) electrons. The summed E-state index contributed by atoms with van der Waals surface area (Å²) < 4.78 is 0. The van der Waals surface area contributed by atoms with Gasteiger partial charge in [0.05, 0.1) is 5.92 Å². The molecule has 148 valence electrons. The molecule has 1 saturated carbocycles. The highest BCUT2D eigenvalue weighted by Crippen LogP contribution is 2.52. The fourth-order valence-electron chi connectivity index (χ4n) is 5.07. The SMILES string of the molecule is O=C(NCCCN1CCCCCC1)C1CN(c2ncccn2)CC12CCC2. The van der Waals surface area contributed by atoms with E-state index in [1.54, 1.807) is 12.4 Å². The van der Waals surface area contributed by atoms with E-state index in [0.717, 1.165) is 51.4 Å². The van der Waals surface area contributed by atoms with Gasteiger partial charge in [-0.1, -0.05) is 19.3 Å². The van der Waals surface area contributed by atoms with Crippen LogP contribution in [0.4, 0.5) is 5.95 Å². The van der Waals surface area contributed by atoms with Gasteiger partial charge in [-0.3, -0.25) is 4.79 Å². The van der Waals surface area contributed by atoms with Crippen molar-refractivity contribution >= 4 is 11.9 Å². The standard InChI is InChI=1S/C21H33N5O/c27-19(22-12-7-15-25-13-3-1-2-4-14-25)18-16-26(17-21(18)8-5-9-21)20-23-10-6-11-24-20/h6,10-11,18H,1-5,7-9,12-17H2,(H,22,27). The quantitative estimate of drug-likeness (QED) is 0.779. The molecular weight excluding hydrogens is 338 g/mol. The Kier molecular flexibility index (Phi) is 5.91. The first-order chi connectivity index (χ1) is 13.3. The monoisotopic (exact) mass is 371 g/mol. The number of anilines is 1. The maximum atomic E-state index is 12.9. The molecule has 2 aliphatic heterocycles. The minimum atomic E-state index is 0.0771. The molecule has 1 aromatic heterocycles. The van der Waals surface area contributed by atoms with E-state index in [0.29, 0.717) is 0 Å². The van der Waals surface area contributed by atoms with Crippen molar-refractivity contribution in [2.45, 2.75) is 51.4 Å². The van der Waals surface area contributed by atoms with Crippen LogP contribution in [-0.2, 0) is 4.79 Å². The third kappa shape index (κ3) is 4.26. The first-order valence-electron chi connectivity index (χ1n) is 10.8. The summed E-state index contributed by atoms with van der Waals surface area (Å²) in [7, 11) is 0. The van der Waals surface area contributed by atoms with Crippen LogP contribution in [0.1, 0.15) is 51.4 Å². The van der Waals surface area contributed by atoms with Crippen LogP contribution in [0.5, 0.6) is 0 Å². The summed E-state index contributed by atoms with van der Waals surface area (Å²) in [5, 5.41) is 3.24. The zero-order valence-electron chi connectivity index (χ0n) is 16.4. The summed E-state index contributed by atoms with van der Waals surface area (Å²) in [6, 6.07) is 1.84. The Morgan fingerprint density at radius 3 is 2.52 bits per heavy atom. The molecule has 6 heteroatoms. The number of carbonyl (C=O) groups is 1. The minimum absolute atomic E-state index is 0.0771. The van der Waals surface area contributed by atoms with E-state index < -0.39 is 0 Å². The number of carbonyl (C=O) groups excluding carboxylic acids is 1. The van der Waals surface area contributed by atoms with Crippen LogP contribution in [0.15, 0.2) is 18.5 Å². The zero-order valence-corrected chi connectivity index (χ0v) is 16.4. The summed E-state index contributed by atoms with van der Waals surface area (Å²) in [6.07, 6.45) is 13.6. The molecule has 3 fully saturated rings. The van der Waals surface area contributed by atoms with E-state index >= 15 is 0 Å². The lowest BCUT2D eigenvalue weighted by atomic mass is 9.62. The number of likely N-dealkylation sites (tertiary alicyclic amines) is 1. The lowest BCUT2D eigenvalue weighted by molar-refractivity contribution is -0.129. The molecule has 2 saturated heterocycles. The normalized spacial score (nSPS) is 25.2. The van der Waals surface area contributed by atoms with Crippen molar-refractivity contribution in [3.8, 4) is 0 Å². The number of rotatable bonds is 6. The summed E-state index contributed by atoms with van der Waals surface area (Å²) in [5.74, 6) is 1.08. The summed E-state index contributed by atoms with van der Waals surface area (Å²) in [5.41, 5.74) is 0.147. The van der Waals surface area contributed by atoms with E-state index in [9.17, 15) is 4.79 Å². The van der Waals surface area contributed by atoms with Gasteiger partial charge in [-0.15, -0.1) is 0 Å². The van der Waals surface area contributed by atoms with Crippen molar-refractivity contribution in [2.24, 2.45) is 11.3 Å². The number of amides is 1. The molecule has 3 heterocycles. The van der Waals surface area contributed by atoms with Crippen LogP contribution < -0.4 is 10.2 Å². The topological polar surface area (TPSA) is 61.4 Å². The lowest BCUT2D eigenvalue weighted by Gasteiger charge is -2.41. The van der Waals surface area contributed by atoms with Gasteiger partial charge in [-0.25, -0.2) is 9.97 Å². The van der Waals surface area contributed by atoms with Gasteiger partial charge in [0.25, 0.3) is 0 Å². The number of hydrogen-bond acceptors (Lipinski definition) is 5. The van der Waals surface area contributed by atoms with E-state index in [2.05, 4.69) is 25.1 Å². The van der Waals surface area contributed by atoms with Crippen molar-refractivity contribution in [3.05, 3.63) is 18.5 Å². The average Bonchev–Trinajstić information content (AvgIpc) is 2.92. The molecule has 1 N–H and O–H groups in total. The van der Waals surface area contributed by atoms with Crippen LogP contribution in [0, 0.1) is 11.3 Å². The van der Waals surface area contributed by atoms with Gasteiger partial charge in [-0.2, -0.15) is 0 Å². The molecule has 1 aromatic rings. The number of aromatic nitrogens is 2. The van der Waals surface area contributed by atoms with E-state index in [1.807, 2.05) is 6.07 Å². The maximum absolute atomic E-state index is 12.9. The molecule has 0 bridgehead atoms. The van der Waals surface area contributed by atoms with Gasteiger partial charge in [0, 0.05) is 37.4 Å². The molecule has 0 aromatic carbocycles. The fraction of sp³-hybridized carbons (Fsp3) is 0.762. The highest BCUT2D eigenvalue weighted by Gasteiger charge is 2.53. The predicted octanol–water partition coefficient (Wildman–Crippen LogP) is 2.47. The van der Waals surface area contributed by atoms with Crippen LogP contribution in [-0.4, -0.2) is 60.0 Å². The Hall–Kier alpha value is -1.69. The van der Waals surface area contributed by atoms with E-state index in [1.165, 1.54) is 45.2 Å². The molecule has 3 aliphatic rings. The Morgan fingerprint density at radius 1 is 1.11 bits per heavy atom. The fourth-order valence-corrected chi connectivity index (χ4v) is 5.07. The Balaban J connectivity index is 1.27. The third-order valence-corrected chi connectivity index (χ3v) is 6.80. The second kappa shape index (κ2) is 8.55. The van der Waals surface area contributed by atoms with Crippen LogP contribution >= 0.6 is 0 Å². The molecular formula is C21H33N5O. The van der Waals surface area contributed by atoms with Crippen LogP contribution in [0.25, 0.3) is 0 Å². The van der Waals surface area contributed by atoms with Crippen LogP contribution in [0.2, 0.25) is 0 Å². The smallest absolute Gasteiger partial charge is 0.225 e. The summed E-state index contributed by atoms with van der Waals surface area (Å²) >= 11 is 0. The molecule has 1 aliphatic carbocycles. The molecule has 4 rings (SSSR count). The van der Waals surface area contributed by atoms with Crippen molar-refractivity contribution in [1.29, 1.82) is 0 Å². The van der Waals surface area contributed by atoms with Gasteiger partial charge in [0.15, 0.2) is 0 Å². The largest absolute Gasteiger partial charge is 0.356 e. The van der Waals surface area contributed by atoms with Crippen LogP contribution in [0.3, 0.4) is 0 Å². The minimum Gasteiger partial charge on any atom is -0.356 e. The molecule has 1 unspecified atom stereocenters. The van der Waals surface area contributed by atoms with E-state index in [-0.39, 0.29) is 17.2 Å². The highest BCUT2D eigenvalue weighted by molar-refractivity contribution is 5.81. The summed E-state index contributed by atoms with van der Waals surface area (Å²) in [6.45, 7) is 6.03. The zero-order chi connectivity index (χ0) is 18.5. The number of nitrogens with zero attached hydrogens (tertiary/aromatic N) is 4. The molecule has 6 nitrogen and oxygen atoms in total. The molecule has 1 amide bonds. The second-order valence-electron chi connectivity index (χ2n) is 8.60. The highest BCUT2D eigenvalue weighted by atomic mass is 16.2. The van der Waals surface area contributed by atoms with Crippen molar-refractivity contribution < 1.29 is 4.79 Å². The number of hydrogen-bond donors (Lipinski definition) is 1. The summed E-state index contributed by atoms with van der Waals surface area (Å²) in [4.78, 5) is 26.5. The average molecular weight is 372 g/mol. The Bertz CT molecular complexity index is 610. The number of nitrogens with one attached hydrogen (secondary N) is 1. The Labute approximate surface area is 162 Å². The Morgan fingerprint density at radius 2 is 1.85 bits per heavy atom. The first kappa shape index (κ1) is 18.7. The van der Waals surface area contributed by atoms with Gasteiger partial charge in [-0.05, 0) is 57.8 Å². The third-order valence-electron chi connectivity index (χ3n) is 6.80. The van der Waals surface area contributed by atoms with Crippen molar-refractivity contribution in [2.75, 3.05) is 44.2 Å². The second-order valence-corrected chi connectivity index (χ2v) is 8.60. The lowest BCUT2D eigenvalue weighted by Crippen LogP contribution is -2.45. The van der Waals surface area contributed by atoms with Crippen molar-refractivity contribution in [3.63, 3.8) is 0 Å². The first-order valence-corrected chi connectivity index (χ1v) is 10.8.